The van der Waals surface area contributed by atoms with Crippen LogP contribution in [0.2, 0.25) is 5.02 Å². The van der Waals surface area contributed by atoms with Crippen molar-refractivity contribution in [1.29, 1.82) is 0 Å². The SMILES string of the molecule is CCc1ncc(Cl)cc1NS(=O)(=O)c1ccc(C(C)(C)C)cc1. The Bertz CT molecular complexity index is 794. The first kappa shape index (κ1) is 17.8. The van der Waals surface area contributed by atoms with Gasteiger partial charge in [0.25, 0.3) is 10.0 Å². The number of anilines is 1. The molecule has 2 aromatic rings. The maximum absolute atomic E-state index is 12.6. The first-order chi connectivity index (χ1) is 10.6. The van der Waals surface area contributed by atoms with Crippen LogP contribution in [0, 0.1) is 0 Å². The molecule has 1 aromatic heterocycles. The van der Waals surface area contributed by atoms with Gasteiger partial charge in [0.15, 0.2) is 0 Å². The monoisotopic (exact) mass is 352 g/mol. The third kappa shape index (κ3) is 4.24. The lowest BCUT2D eigenvalue weighted by molar-refractivity contribution is 0.587. The van der Waals surface area contributed by atoms with Crippen LogP contribution < -0.4 is 4.72 Å². The van der Waals surface area contributed by atoms with Crippen molar-refractivity contribution in [2.24, 2.45) is 0 Å². The van der Waals surface area contributed by atoms with Crippen LogP contribution in [-0.4, -0.2) is 13.4 Å². The number of hydrogen-bond donors (Lipinski definition) is 1. The molecule has 1 heterocycles. The van der Waals surface area contributed by atoms with Crippen molar-refractivity contribution < 1.29 is 8.42 Å². The average Bonchev–Trinajstić information content (AvgIpc) is 2.46. The molecule has 0 spiro atoms. The minimum absolute atomic E-state index is 0.0258. The van der Waals surface area contributed by atoms with Gasteiger partial charge in [-0.25, -0.2) is 8.42 Å². The number of nitrogens with one attached hydrogen (secondary N) is 1. The van der Waals surface area contributed by atoms with Crippen LogP contribution in [0.1, 0.15) is 39.0 Å². The number of nitrogens with zero attached hydrogens (tertiary/aromatic N) is 1. The first-order valence-electron chi connectivity index (χ1n) is 7.41. The fourth-order valence-corrected chi connectivity index (χ4v) is 3.41. The van der Waals surface area contributed by atoms with Crippen molar-refractivity contribution in [3.05, 3.63) is 52.8 Å². The highest BCUT2D eigenvalue weighted by molar-refractivity contribution is 7.92. The largest absolute Gasteiger partial charge is 0.278 e. The molecule has 0 unspecified atom stereocenters. The summed E-state index contributed by atoms with van der Waals surface area (Å²) in [6.07, 6.45) is 2.12. The van der Waals surface area contributed by atoms with Gasteiger partial charge >= 0.3 is 0 Å². The molecule has 0 atom stereocenters. The Kier molecular flexibility index (Phi) is 5.01. The maximum atomic E-state index is 12.6. The Labute approximate surface area is 143 Å². The van der Waals surface area contributed by atoms with E-state index in [-0.39, 0.29) is 10.3 Å². The van der Waals surface area contributed by atoms with Gasteiger partial charge in [-0.15, -0.1) is 0 Å². The molecule has 0 bridgehead atoms. The van der Waals surface area contributed by atoms with Gasteiger partial charge in [-0.05, 0) is 35.6 Å². The second-order valence-electron chi connectivity index (χ2n) is 6.38. The molecule has 6 heteroatoms. The quantitative estimate of drug-likeness (QED) is 0.887. The van der Waals surface area contributed by atoms with Gasteiger partial charge in [-0.3, -0.25) is 9.71 Å². The van der Waals surface area contributed by atoms with Crippen LogP contribution in [0.25, 0.3) is 0 Å². The Hall–Kier alpha value is -1.59. The third-order valence-electron chi connectivity index (χ3n) is 3.55. The van der Waals surface area contributed by atoms with Crippen LogP contribution >= 0.6 is 11.6 Å². The molecule has 4 nitrogen and oxygen atoms in total. The lowest BCUT2D eigenvalue weighted by Crippen LogP contribution is -2.16. The number of rotatable bonds is 4. The zero-order valence-corrected chi connectivity index (χ0v) is 15.3. The van der Waals surface area contributed by atoms with E-state index in [4.69, 9.17) is 11.6 Å². The smallest absolute Gasteiger partial charge is 0.261 e. The molecule has 124 valence electrons. The average molecular weight is 353 g/mol. The van der Waals surface area contributed by atoms with Crippen LogP contribution in [0.3, 0.4) is 0 Å². The summed E-state index contributed by atoms with van der Waals surface area (Å²) < 4.78 is 27.7. The molecule has 23 heavy (non-hydrogen) atoms. The maximum Gasteiger partial charge on any atom is 0.261 e. The van der Waals surface area contributed by atoms with E-state index in [0.717, 1.165) is 5.56 Å². The van der Waals surface area contributed by atoms with Gasteiger partial charge in [-0.1, -0.05) is 51.4 Å². The second-order valence-corrected chi connectivity index (χ2v) is 8.50. The molecule has 2 rings (SSSR count). The van der Waals surface area contributed by atoms with E-state index in [1.165, 1.54) is 6.20 Å². The van der Waals surface area contributed by atoms with Crippen molar-refractivity contribution in [2.75, 3.05) is 4.72 Å². The van der Waals surface area contributed by atoms with Gasteiger partial charge in [0.05, 0.1) is 21.3 Å². The van der Waals surface area contributed by atoms with Gasteiger partial charge in [0, 0.05) is 6.20 Å². The topological polar surface area (TPSA) is 59.1 Å². The van der Waals surface area contributed by atoms with Gasteiger partial charge in [0.1, 0.15) is 0 Å². The van der Waals surface area contributed by atoms with Crippen molar-refractivity contribution in [2.45, 2.75) is 44.4 Å². The van der Waals surface area contributed by atoms with E-state index in [0.29, 0.717) is 22.8 Å². The highest BCUT2D eigenvalue weighted by Crippen LogP contribution is 2.26. The minimum Gasteiger partial charge on any atom is -0.278 e. The summed E-state index contributed by atoms with van der Waals surface area (Å²) >= 11 is 5.92. The molecule has 0 fully saturated rings. The van der Waals surface area contributed by atoms with Crippen molar-refractivity contribution in [3.8, 4) is 0 Å². The molecule has 0 aliphatic carbocycles. The molecule has 1 aromatic carbocycles. The number of sulfonamides is 1. The Balaban J connectivity index is 2.34. The lowest BCUT2D eigenvalue weighted by Gasteiger charge is -2.19. The molecule has 0 aliphatic heterocycles. The van der Waals surface area contributed by atoms with Crippen LogP contribution in [0.15, 0.2) is 41.4 Å². The number of hydrogen-bond acceptors (Lipinski definition) is 3. The normalized spacial score (nSPS) is 12.2. The molecule has 0 amide bonds. The highest BCUT2D eigenvalue weighted by Gasteiger charge is 2.19. The summed E-state index contributed by atoms with van der Waals surface area (Å²) in [4.78, 5) is 4.38. The van der Waals surface area contributed by atoms with Crippen LogP contribution in [0.5, 0.6) is 0 Å². The Morgan fingerprint density at radius 3 is 2.30 bits per heavy atom. The molecule has 1 N–H and O–H groups in total. The van der Waals surface area contributed by atoms with Crippen molar-refractivity contribution in [1.82, 2.24) is 4.98 Å². The fourth-order valence-electron chi connectivity index (χ4n) is 2.18. The summed E-state index contributed by atoms with van der Waals surface area (Å²) in [6, 6.07) is 8.49. The summed E-state index contributed by atoms with van der Waals surface area (Å²) in [7, 11) is -3.67. The number of pyridine rings is 1. The van der Waals surface area contributed by atoms with E-state index in [1.54, 1.807) is 18.2 Å². The van der Waals surface area contributed by atoms with E-state index in [9.17, 15) is 8.42 Å². The molecule has 0 aliphatic rings. The zero-order valence-electron chi connectivity index (χ0n) is 13.7. The molecule has 0 saturated heterocycles. The molecular weight excluding hydrogens is 332 g/mol. The predicted molar refractivity (Wildman–Crippen MR) is 94.6 cm³/mol. The summed E-state index contributed by atoms with van der Waals surface area (Å²) in [5.74, 6) is 0. The van der Waals surface area contributed by atoms with Gasteiger partial charge in [0.2, 0.25) is 0 Å². The summed E-state index contributed by atoms with van der Waals surface area (Å²) in [6.45, 7) is 8.16. The van der Waals surface area contributed by atoms with Crippen LogP contribution in [-0.2, 0) is 21.9 Å². The minimum atomic E-state index is -3.67. The van der Waals surface area contributed by atoms with Crippen LogP contribution in [0.4, 0.5) is 5.69 Å². The fraction of sp³-hybridized carbons (Fsp3) is 0.353. The summed E-state index contributed by atoms with van der Waals surface area (Å²) in [5.41, 5.74) is 2.13. The van der Waals surface area contributed by atoms with Crippen molar-refractivity contribution in [3.63, 3.8) is 0 Å². The zero-order chi connectivity index (χ0) is 17.3. The van der Waals surface area contributed by atoms with Crippen molar-refractivity contribution >= 4 is 27.3 Å². The lowest BCUT2D eigenvalue weighted by atomic mass is 9.87. The molecule has 0 saturated carbocycles. The van der Waals surface area contributed by atoms with E-state index >= 15 is 0 Å². The number of aromatic nitrogens is 1. The Morgan fingerprint density at radius 1 is 1.17 bits per heavy atom. The predicted octanol–water partition coefficient (Wildman–Crippen LogP) is 4.40. The van der Waals surface area contributed by atoms with E-state index in [2.05, 4.69) is 30.5 Å². The summed E-state index contributed by atoms with van der Waals surface area (Å²) in [5, 5.41) is 0.392. The number of halogens is 1. The molecular formula is C17H21ClN2O2S. The van der Waals surface area contributed by atoms with E-state index < -0.39 is 10.0 Å². The highest BCUT2D eigenvalue weighted by atomic mass is 35.5. The third-order valence-corrected chi connectivity index (χ3v) is 5.13. The van der Waals surface area contributed by atoms with Gasteiger partial charge < -0.3 is 0 Å². The van der Waals surface area contributed by atoms with Gasteiger partial charge in [-0.2, -0.15) is 0 Å². The second kappa shape index (κ2) is 6.49. The standard InChI is InChI=1S/C17H21ClN2O2S/c1-5-15-16(10-13(18)11-19-15)20-23(21,22)14-8-6-12(7-9-14)17(2,3)4/h6-11,20H,5H2,1-4H3. The first-order valence-corrected chi connectivity index (χ1v) is 9.27. The Morgan fingerprint density at radius 2 is 1.78 bits per heavy atom. The number of aryl methyl sites for hydroxylation is 1. The number of benzene rings is 1. The molecule has 0 radical (unpaired) electrons. The van der Waals surface area contributed by atoms with E-state index in [1.807, 2.05) is 19.1 Å².